The molecule has 0 bridgehead atoms. The number of benzene rings is 1. The van der Waals surface area contributed by atoms with Gasteiger partial charge in [-0.25, -0.2) is 0 Å². The molecule has 0 radical (unpaired) electrons. The first kappa shape index (κ1) is 23.0. The number of aromatic nitrogens is 6. The molecule has 0 unspecified atom stereocenters. The van der Waals surface area contributed by atoms with Gasteiger partial charge in [-0.2, -0.15) is 16.4 Å². The Morgan fingerprint density at radius 3 is 2.64 bits per heavy atom. The third kappa shape index (κ3) is 4.45. The Kier molecular flexibility index (Phi) is 5.68. The van der Waals surface area contributed by atoms with Crippen molar-refractivity contribution in [2.45, 2.75) is 6.42 Å². The molecule has 188 valence electrons. The number of thiophene rings is 1. The molecule has 0 aliphatic rings. The Morgan fingerprint density at radius 2 is 1.77 bits per heavy atom. The van der Waals surface area contributed by atoms with E-state index in [1.807, 2.05) is 54.9 Å². The summed E-state index contributed by atoms with van der Waals surface area (Å²) in [5, 5.41) is 16.8. The van der Waals surface area contributed by atoms with E-state index >= 15 is 0 Å². The second-order valence-corrected chi connectivity index (χ2v) is 9.98. The van der Waals surface area contributed by atoms with Crippen molar-refractivity contribution in [1.82, 2.24) is 30.1 Å². The first-order valence-corrected chi connectivity index (χ1v) is 13.3. The number of carbonyl (C=O) groups excluding carboxylic acids is 1. The number of hydrogen-bond acceptors (Lipinski definition) is 6. The number of H-pyrrole nitrogens is 2. The Labute approximate surface area is 226 Å². The minimum Gasteiger partial charge on any atom is -0.352 e. The fraction of sp³-hybridized carbons (Fsp3) is 0.0333. The molecule has 0 aliphatic carbocycles. The molecule has 6 heterocycles. The maximum atomic E-state index is 12.6. The molecule has 8 nitrogen and oxygen atoms in total. The molecule has 9 heteroatoms. The van der Waals surface area contributed by atoms with Gasteiger partial charge < -0.3 is 10.3 Å². The predicted octanol–water partition coefficient (Wildman–Crippen LogP) is 6.47. The van der Waals surface area contributed by atoms with Gasteiger partial charge in [-0.15, -0.1) is 0 Å². The number of amides is 1. The van der Waals surface area contributed by atoms with Crippen LogP contribution in [0.2, 0.25) is 0 Å². The van der Waals surface area contributed by atoms with Crippen LogP contribution in [-0.4, -0.2) is 36.0 Å². The number of nitrogens with one attached hydrogen (secondary N) is 3. The van der Waals surface area contributed by atoms with Crippen molar-refractivity contribution in [1.29, 1.82) is 0 Å². The molecule has 6 aromatic heterocycles. The van der Waals surface area contributed by atoms with E-state index in [-0.39, 0.29) is 5.91 Å². The molecule has 0 aliphatic heterocycles. The van der Waals surface area contributed by atoms with Gasteiger partial charge in [0.25, 0.3) is 0 Å². The summed E-state index contributed by atoms with van der Waals surface area (Å²) in [6.07, 6.45) is 9.16. The molecule has 39 heavy (non-hydrogen) atoms. The largest absolute Gasteiger partial charge is 0.352 e. The van der Waals surface area contributed by atoms with Crippen molar-refractivity contribution < 1.29 is 4.79 Å². The molecule has 0 saturated heterocycles. The van der Waals surface area contributed by atoms with Crippen LogP contribution in [0.25, 0.3) is 55.6 Å². The monoisotopic (exact) mass is 527 g/mol. The summed E-state index contributed by atoms with van der Waals surface area (Å²) >= 11 is 1.66. The summed E-state index contributed by atoms with van der Waals surface area (Å²) in [5.74, 6) is -0.101. The third-order valence-corrected chi connectivity index (χ3v) is 7.29. The van der Waals surface area contributed by atoms with E-state index in [1.165, 1.54) is 0 Å². The summed E-state index contributed by atoms with van der Waals surface area (Å²) in [7, 11) is 0. The van der Waals surface area contributed by atoms with Crippen molar-refractivity contribution in [2.75, 3.05) is 5.32 Å². The number of rotatable bonds is 6. The van der Waals surface area contributed by atoms with E-state index in [0.29, 0.717) is 12.1 Å². The summed E-state index contributed by atoms with van der Waals surface area (Å²) in [6.45, 7) is 0. The quantitative estimate of drug-likeness (QED) is 0.229. The average molecular weight is 528 g/mol. The topological polar surface area (TPSA) is 112 Å². The summed E-state index contributed by atoms with van der Waals surface area (Å²) in [6, 6.07) is 17.7. The molecular weight excluding hydrogens is 506 g/mol. The standard InChI is InChI=1S/C30H21N7OS/c38-29(8-18-4-2-1-3-5-18)34-21-9-20(12-31-13-21)25-11-23-28(16-33-25)36-37-30(23)26-10-22-24(19-6-7-39-17-19)14-32-15-27(22)35-26/h1-7,9-17,35H,8H2,(H,34,38)(H,36,37). The number of pyridine rings is 3. The van der Waals surface area contributed by atoms with Gasteiger partial charge >= 0.3 is 0 Å². The van der Waals surface area contributed by atoms with Crippen LogP contribution >= 0.6 is 11.3 Å². The molecule has 7 aromatic rings. The van der Waals surface area contributed by atoms with Crippen LogP contribution in [0.15, 0.2) is 96.3 Å². The number of hydrogen-bond donors (Lipinski definition) is 3. The predicted molar refractivity (Wildman–Crippen MR) is 154 cm³/mol. The zero-order valence-electron chi connectivity index (χ0n) is 20.6. The van der Waals surface area contributed by atoms with Gasteiger partial charge in [-0.1, -0.05) is 30.3 Å². The molecule has 1 amide bonds. The highest BCUT2D eigenvalue weighted by atomic mass is 32.1. The highest BCUT2D eigenvalue weighted by Gasteiger charge is 2.16. The van der Waals surface area contributed by atoms with Crippen molar-refractivity contribution in [3.63, 3.8) is 0 Å². The van der Waals surface area contributed by atoms with Crippen LogP contribution in [0.3, 0.4) is 0 Å². The van der Waals surface area contributed by atoms with E-state index in [2.05, 4.69) is 58.3 Å². The number of anilines is 1. The van der Waals surface area contributed by atoms with Gasteiger partial charge in [0.2, 0.25) is 5.91 Å². The van der Waals surface area contributed by atoms with E-state index in [9.17, 15) is 4.79 Å². The fourth-order valence-electron chi connectivity index (χ4n) is 4.74. The molecule has 0 saturated carbocycles. The van der Waals surface area contributed by atoms with Gasteiger partial charge in [-0.3, -0.25) is 24.8 Å². The van der Waals surface area contributed by atoms with E-state index in [0.717, 1.165) is 61.1 Å². The Hall–Kier alpha value is -5.15. The summed E-state index contributed by atoms with van der Waals surface area (Å²) < 4.78 is 0. The SMILES string of the molecule is O=C(Cc1ccccc1)Nc1cncc(-c2cc3c(-c4cc5c(-c6ccsc6)cncc5[nH]4)n[nH]c3cn2)c1. The zero-order valence-corrected chi connectivity index (χ0v) is 21.4. The number of carbonyl (C=O) groups is 1. The number of nitrogens with zero attached hydrogens (tertiary/aromatic N) is 4. The first-order chi connectivity index (χ1) is 19.2. The van der Waals surface area contributed by atoms with Gasteiger partial charge in [0, 0.05) is 34.3 Å². The molecule has 7 rings (SSSR count). The van der Waals surface area contributed by atoms with Crippen LogP contribution in [0.1, 0.15) is 5.56 Å². The maximum absolute atomic E-state index is 12.6. The zero-order chi connectivity index (χ0) is 26.2. The van der Waals surface area contributed by atoms with Gasteiger partial charge in [0.05, 0.1) is 53.1 Å². The van der Waals surface area contributed by atoms with Crippen LogP contribution < -0.4 is 5.32 Å². The highest BCUT2D eigenvalue weighted by molar-refractivity contribution is 7.08. The lowest BCUT2D eigenvalue weighted by molar-refractivity contribution is -0.115. The van der Waals surface area contributed by atoms with E-state index in [1.54, 1.807) is 29.9 Å². The van der Waals surface area contributed by atoms with Crippen LogP contribution in [0.4, 0.5) is 5.69 Å². The Bertz CT molecular complexity index is 1940. The molecule has 0 spiro atoms. The van der Waals surface area contributed by atoms with Crippen molar-refractivity contribution in [3.05, 3.63) is 102 Å². The van der Waals surface area contributed by atoms with Crippen molar-refractivity contribution in [3.8, 4) is 33.8 Å². The molecule has 3 N–H and O–H groups in total. The number of aromatic amines is 2. The first-order valence-electron chi connectivity index (χ1n) is 12.3. The lowest BCUT2D eigenvalue weighted by atomic mass is 10.1. The van der Waals surface area contributed by atoms with E-state index in [4.69, 9.17) is 0 Å². The normalized spacial score (nSPS) is 11.3. The molecular formula is C30H21N7OS. The van der Waals surface area contributed by atoms with Gasteiger partial charge in [0.15, 0.2) is 0 Å². The van der Waals surface area contributed by atoms with E-state index < -0.39 is 0 Å². The average Bonchev–Trinajstić information content (AvgIpc) is 3.73. The summed E-state index contributed by atoms with van der Waals surface area (Å²) in [5.41, 5.74) is 8.77. The number of fused-ring (bicyclic) bond motifs is 2. The van der Waals surface area contributed by atoms with Crippen LogP contribution in [-0.2, 0) is 11.2 Å². The Morgan fingerprint density at radius 1 is 0.872 bits per heavy atom. The summed E-state index contributed by atoms with van der Waals surface area (Å²) in [4.78, 5) is 29.4. The lowest BCUT2D eigenvalue weighted by Gasteiger charge is -2.07. The van der Waals surface area contributed by atoms with Crippen molar-refractivity contribution >= 4 is 44.7 Å². The minimum atomic E-state index is -0.101. The van der Waals surface area contributed by atoms with Gasteiger partial charge in [-0.05, 0) is 46.2 Å². The Balaban J connectivity index is 1.21. The van der Waals surface area contributed by atoms with Crippen molar-refractivity contribution in [2.24, 2.45) is 0 Å². The molecule has 0 fully saturated rings. The maximum Gasteiger partial charge on any atom is 0.228 e. The molecule has 0 atom stereocenters. The second kappa shape index (κ2) is 9.62. The third-order valence-electron chi connectivity index (χ3n) is 6.61. The van der Waals surface area contributed by atoms with Crippen LogP contribution in [0.5, 0.6) is 0 Å². The lowest BCUT2D eigenvalue weighted by Crippen LogP contribution is -2.14. The second-order valence-electron chi connectivity index (χ2n) is 9.20. The van der Waals surface area contributed by atoms with Crippen LogP contribution in [0, 0.1) is 0 Å². The van der Waals surface area contributed by atoms with Gasteiger partial charge in [0.1, 0.15) is 5.69 Å². The smallest absolute Gasteiger partial charge is 0.228 e. The minimum absolute atomic E-state index is 0.101. The highest BCUT2D eigenvalue weighted by Crippen LogP contribution is 2.35. The fourth-order valence-corrected chi connectivity index (χ4v) is 5.40. The molecule has 1 aromatic carbocycles.